The molecule has 0 fully saturated rings. The lowest BCUT2D eigenvalue weighted by molar-refractivity contribution is 0.234. The van der Waals surface area contributed by atoms with Gasteiger partial charge in [-0.2, -0.15) is 8.78 Å². The van der Waals surface area contributed by atoms with Gasteiger partial charge in [-0.1, -0.05) is 24.4 Å². The Labute approximate surface area is 103 Å². The number of rotatable bonds is 4. The Morgan fingerprint density at radius 3 is 2.53 bits per heavy atom. The number of halogens is 2. The second-order valence-corrected chi connectivity index (χ2v) is 5.56. The minimum atomic E-state index is -4.66. The molecule has 0 spiro atoms. The maximum Gasteiger partial charge on any atom is 0.355 e. The predicted molar refractivity (Wildman–Crippen MR) is 65.7 cm³/mol. The molecule has 0 bridgehead atoms. The van der Waals surface area contributed by atoms with E-state index in [1.807, 2.05) is 0 Å². The molecule has 0 saturated heterocycles. The third-order valence-electron chi connectivity index (χ3n) is 2.10. The maximum absolute atomic E-state index is 12.3. The zero-order valence-corrected chi connectivity index (χ0v) is 10.4. The van der Waals surface area contributed by atoms with Crippen molar-refractivity contribution < 1.29 is 17.2 Å². The fourth-order valence-electron chi connectivity index (χ4n) is 1.12. The molecule has 0 saturated carbocycles. The Morgan fingerprint density at radius 2 is 2.06 bits per heavy atom. The molecule has 17 heavy (non-hydrogen) atoms. The van der Waals surface area contributed by atoms with Crippen LogP contribution in [-0.4, -0.2) is 26.2 Å². The maximum atomic E-state index is 12.3. The monoisotopic (exact) mass is 280 g/mol. The van der Waals surface area contributed by atoms with Gasteiger partial charge in [-0.25, -0.2) is 8.42 Å². The normalized spacial score (nSPS) is 11.5. The second-order valence-electron chi connectivity index (χ2n) is 3.19. The number of hydrogen-bond acceptors (Lipinski definition) is 3. The molecule has 0 amide bonds. The minimum Gasteiger partial charge on any atom is -0.389 e. The lowest BCUT2D eigenvalue weighted by Gasteiger charge is -2.19. The van der Waals surface area contributed by atoms with E-state index in [2.05, 4.69) is 0 Å². The first-order valence-corrected chi connectivity index (χ1v) is 6.33. The molecule has 0 atom stereocenters. The van der Waals surface area contributed by atoms with Crippen molar-refractivity contribution in [1.82, 2.24) is 0 Å². The standard InChI is InChI=1S/C9H10F2N2O2S2/c1-13(17(14,15)9(10)11)7-4-2-3-6(5-7)8(12)16/h2-5,9H,1H3,(H2,12,16). The van der Waals surface area contributed by atoms with Crippen molar-refractivity contribution in [3.63, 3.8) is 0 Å². The lowest BCUT2D eigenvalue weighted by atomic mass is 10.2. The van der Waals surface area contributed by atoms with Crippen LogP contribution < -0.4 is 10.0 Å². The van der Waals surface area contributed by atoms with Crippen LogP contribution in [0.2, 0.25) is 0 Å². The van der Waals surface area contributed by atoms with E-state index in [1.54, 1.807) is 6.07 Å². The average molecular weight is 280 g/mol. The van der Waals surface area contributed by atoms with Crippen molar-refractivity contribution in [3.8, 4) is 0 Å². The van der Waals surface area contributed by atoms with Gasteiger partial charge in [0.05, 0.1) is 5.69 Å². The number of thiocarbonyl (C=S) groups is 1. The van der Waals surface area contributed by atoms with Gasteiger partial charge in [0.15, 0.2) is 0 Å². The van der Waals surface area contributed by atoms with Gasteiger partial charge in [0.2, 0.25) is 0 Å². The molecule has 0 heterocycles. The molecule has 1 aromatic carbocycles. The van der Waals surface area contributed by atoms with E-state index in [4.69, 9.17) is 18.0 Å². The zero-order valence-electron chi connectivity index (χ0n) is 8.80. The van der Waals surface area contributed by atoms with Gasteiger partial charge in [-0.05, 0) is 12.1 Å². The van der Waals surface area contributed by atoms with Crippen molar-refractivity contribution >= 4 is 32.9 Å². The molecule has 1 aromatic rings. The van der Waals surface area contributed by atoms with Crippen LogP contribution in [0.3, 0.4) is 0 Å². The van der Waals surface area contributed by atoms with Gasteiger partial charge in [0, 0.05) is 12.6 Å². The van der Waals surface area contributed by atoms with Crippen LogP contribution in [0.4, 0.5) is 14.5 Å². The van der Waals surface area contributed by atoms with Gasteiger partial charge in [0.25, 0.3) is 10.0 Å². The summed E-state index contributed by atoms with van der Waals surface area (Å²) in [6.07, 6.45) is 0. The van der Waals surface area contributed by atoms with Crippen molar-refractivity contribution in [1.29, 1.82) is 0 Å². The summed E-state index contributed by atoms with van der Waals surface area (Å²) in [4.78, 5) is 0.0645. The Kier molecular flexibility index (Phi) is 3.99. The van der Waals surface area contributed by atoms with Crippen LogP contribution in [-0.2, 0) is 10.0 Å². The number of nitrogens with two attached hydrogens (primary N) is 1. The number of alkyl halides is 2. The molecule has 94 valence electrons. The molecule has 0 unspecified atom stereocenters. The smallest absolute Gasteiger partial charge is 0.355 e. The third-order valence-corrected chi connectivity index (χ3v) is 3.76. The van der Waals surface area contributed by atoms with Crippen LogP contribution in [0.1, 0.15) is 5.56 Å². The largest absolute Gasteiger partial charge is 0.389 e. The summed E-state index contributed by atoms with van der Waals surface area (Å²) in [5, 5.41) is 0. The minimum absolute atomic E-state index is 0.0645. The molecule has 0 radical (unpaired) electrons. The fraction of sp³-hybridized carbons (Fsp3) is 0.222. The number of benzene rings is 1. The van der Waals surface area contributed by atoms with E-state index >= 15 is 0 Å². The molecule has 0 aliphatic carbocycles. The first-order valence-electron chi connectivity index (χ1n) is 4.42. The van der Waals surface area contributed by atoms with Gasteiger partial charge < -0.3 is 5.73 Å². The SMILES string of the molecule is CN(c1cccc(C(N)=S)c1)S(=O)(=O)C(F)F. The highest BCUT2D eigenvalue weighted by atomic mass is 32.2. The second kappa shape index (κ2) is 4.92. The Morgan fingerprint density at radius 1 is 1.47 bits per heavy atom. The summed E-state index contributed by atoms with van der Waals surface area (Å²) < 4.78 is 47.6. The first-order chi connectivity index (χ1) is 7.76. The van der Waals surface area contributed by atoms with Crippen molar-refractivity contribution in [2.75, 3.05) is 11.4 Å². The summed E-state index contributed by atoms with van der Waals surface area (Å²) in [5.74, 6) is -3.47. The van der Waals surface area contributed by atoms with Crippen LogP contribution in [0, 0.1) is 0 Å². The van der Waals surface area contributed by atoms with Crippen LogP contribution in [0.15, 0.2) is 24.3 Å². The molecular weight excluding hydrogens is 270 g/mol. The zero-order chi connectivity index (χ0) is 13.2. The molecule has 1 rings (SSSR count). The predicted octanol–water partition coefficient (Wildman–Crippen LogP) is 1.31. The van der Waals surface area contributed by atoms with Gasteiger partial charge in [-0.3, -0.25) is 4.31 Å². The van der Waals surface area contributed by atoms with E-state index in [-0.39, 0.29) is 10.7 Å². The molecule has 8 heteroatoms. The number of anilines is 1. The van der Waals surface area contributed by atoms with E-state index in [1.165, 1.54) is 18.2 Å². The molecule has 0 aliphatic heterocycles. The summed E-state index contributed by atoms with van der Waals surface area (Å²) in [6, 6.07) is 5.76. The van der Waals surface area contributed by atoms with Gasteiger partial charge in [-0.15, -0.1) is 0 Å². The Balaban J connectivity index is 3.18. The van der Waals surface area contributed by atoms with Crippen molar-refractivity contribution in [2.45, 2.75) is 5.76 Å². The lowest BCUT2D eigenvalue weighted by Crippen LogP contribution is -2.31. The fourth-order valence-corrected chi connectivity index (χ4v) is 1.89. The quantitative estimate of drug-likeness (QED) is 0.845. The van der Waals surface area contributed by atoms with Gasteiger partial charge >= 0.3 is 5.76 Å². The van der Waals surface area contributed by atoms with E-state index in [0.29, 0.717) is 9.87 Å². The van der Waals surface area contributed by atoms with E-state index < -0.39 is 15.8 Å². The number of sulfonamides is 1. The van der Waals surface area contributed by atoms with Gasteiger partial charge in [0.1, 0.15) is 4.99 Å². The molecular formula is C9H10F2N2O2S2. The summed E-state index contributed by atoms with van der Waals surface area (Å²) >= 11 is 4.71. The summed E-state index contributed by atoms with van der Waals surface area (Å²) in [7, 11) is -3.61. The number of nitrogens with zero attached hydrogens (tertiary/aromatic N) is 1. The Bertz CT molecular complexity index is 532. The Hall–Kier alpha value is -1.28. The molecule has 4 nitrogen and oxygen atoms in total. The van der Waals surface area contributed by atoms with Crippen LogP contribution in [0.5, 0.6) is 0 Å². The molecule has 0 aromatic heterocycles. The number of hydrogen-bond donors (Lipinski definition) is 1. The van der Waals surface area contributed by atoms with E-state index in [9.17, 15) is 17.2 Å². The van der Waals surface area contributed by atoms with E-state index in [0.717, 1.165) is 7.05 Å². The average Bonchev–Trinajstić information content (AvgIpc) is 2.27. The molecule has 2 N–H and O–H groups in total. The summed E-state index contributed by atoms with van der Waals surface area (Å²) in [5.41, 5.74) is 5.86. The highest BCUT2D eigenvalue weighted by molar-refractivity contribution is 7.93. The van der Waals surface area contributed by atoms with Crippen molar-refractivity contribution in [2.24, 2.45) is 5.73 Å². The topological polar surface area (TPSA) is 63.4 Å². The third kappa shape index (κ3) is 2.89. The van der Waals surface area contributed by atoms with Crippen LogP contribution >= 0.6 is 12.2 Å². The summed E-state index contributed by atoms with van der Waals surface area (Å²) in [6.45, 7) is 0. The van der Waals surface area contributed by atoms with Crippen molar-refractivity contribution in [3.05, 3.63) is 29.8 Å². The van der Waals surface area contributed by atoms with Crippen LogP contribution in [0.25, 0.3) is 0 Å². The first kappa shape index (κ1) is 13.8. The highest BCUT2D eigenvalue weighted by Crippen LogP contribution is 2.21. The highest BCUT2D eigenvalue weighted by Gasteiger charge is 2.29. The molecule has 0 aliphatic rings.